The van der Waals surface area contributed by atoms with Gasteiger partial charge in [0.25, 0.3) is 5.56 Å². The van der Waals surface area contributed by atoms with E-state index >= 15 is 0 Å². The van der Waals surface area contributed by atoms with Crippen molar-refractivity contribution in [3.05, 3.63) is 80.7 Å². The highest BCUT2D eigenvalue weighted by molar-refractivity contribution is 6.30. The minimum atomic E-state index is -0.520. The maximum Gasteiger partial charge on any atom is 0.269 e. The summed E-state index contributed by atoms with van der Waals surface area (Å²) in [6, 6.07) is 9.26. The number of halogens is 3. The molecule has 34 heavy (non-hydrogen) atoms. The zero-order chi connectivity index (χ0) is 23.8. The summed E-state index contributed by atoms with van der Waals surface area (Å²) in [4.78, 5) is 18.9. The fraction of sp³-hybridized carbons (Fsp3) is 0.227. The van der Waals surface area contributed by atoms with Gasteiger partial charge in [0.1, 0.15) is 17.6 Å². The van der Waals surface area contributed by atoms with Gasteiger partial charge in [-0.2, -0.15) is 5.10 Å². The molecule has 1 saturated heterocycles. The first-order valence-corrected chi connectivity index (χ1v) is 11.1. The highest BCUT2D eigenvalue weighted by Crippen LogP contribution is 2.27. The Morgan fingerprint density at radius 1 is 1.12 bits per heavy atom. The van der Waals surface area contributed by atoms with Gasteiger partial charge >= 0.3 is 0 Å². The number of nitrogens with zero attached hydrogens (tertiary/aromatic N) is 7. The molecule has 0 amide bonds. The Hall–Kier alpha value is -3.50. The first-order chi connectivity index (χ1) is 16.4. The van der Waals surface area contributed by atoms with E-state index in [0.29, 0.717) is 41.1 Å². The van der Waals surface area contributed by atoms with Crippen LogP contribution in [0.25, 0.3) is 11.3 Å². The van der Waals surface area contributed by atoms with Crippen LogP contribution in [0.1, 0.15) is 5.69 Å². The topological polar surface area (TPSA) is 91.0 Å². The van der Waals surface area contributed by atoms with Crippen LogP contribution in [0.2, 0.25) is 10.0 Å². The Balaban J connectivity index is 1.29. The Kier molecular flexibility index (Phi) is 5.93. The molecular formula is C22H18Cl2FN7O2. The second-order valence-corrected chi connectivity index (χ2v) is 8.67. The lowest BCUT2D eigenvalue weighted by Gasteiger charge is -2.40. The van der Waals surface area contributed by atoms with Crippen molar-refractivity contribution in [3.8, 4) is 17.1 Å². The van der Waals surface area contributed by atoms with Crippen molar-refractivity contribution >= 4 is 28.9 Å². The van der Waals surface area contributed by atoms with Gasteiger partial charge in [0.15, 0.2) is 0 Å². The summed E-state index contributed by atoms with van der Waals surface area (Å²) in [7, 11) is 1.68. The van der Waals surface area contributed by atoms with Gasteiger partial charge in [-0.3, -0.25) is 4.79 Å². The predicted molar refractivity (Wildman–Crippen MR) is 125 cm³/mol. The fourth-order valence-electron chi connectivity index (χ4n) is 3.63. The standard InChI is InChI=1S/C22H18Cl2FN7O2/c1-30-19(22(28-29-30)17-4-2-13(23)6-18(17)25)12-32-21(33)7-15(9-27-32)31-10-16(11-31)34-20-5-3-14(24)8-26-20/h2-9,16H,10-12H2,1H3. The van der Waals surface area contributed by atoms with Crippen LogP contribution < -0.4 is 15.2 Å². The number of pyridine rings is 1. The molecule has 4 heterocycles. The Labute approximate surface area is 203 Å². The van der Waals surface area contributed by atoms with Gasteiger partial charge in [0.05, 0.1) is 42.2 Å². The van der Waals surface area contributed by atoms with Crippen molar-refractivity contribution in [1.29, 1.82) is 0 Å². The molecule has 0 aliphatic carbocycles. The van der Waals surface area contributed by atoms with Crippen molar-refractivity contribution in [1.82, 2.24) is 29.8 Å². The van der Waals surface area contributed by atoms with Crippen LogP contribution in [0.3, 0.4) is 0 Å². The van der Waals surface area contributed by atoms with Crippen molar-refractivity contribution < 1.29 is 9.13 Å². The minimum Gasteiger partial charge on any atom is -0.471 e. The Bertz CT molecular complexity index is 1400. The number of aromatic nitrogens is 6. The van der Waals surface area contributed by atoms with Gasteiger partial charge in [-0.1, -0.05) is 28.4 Å². The molecule has 4 aromatic rings. The molecule has 174 valence electrons. The summed E-state index contributed by atoms with van der Waals surface area (Å²) in [6.07, 6.45) is 3.10. The lowest BCUT2D eigenvalue weighted by atomic mass is 10.1. The molecule has 1 fully saturated rings. The zero-order valence-electron chi connectivity index (χ0n) is 17.9. The molecule has 0 unspecified atom stereocenters. The molecule has 5 rings (SSSR count). The molecule has 1 aliphatic rings. The van der Waals surface area contributed by atoms with E-state index < -0.39 is 5.82 Å². The molecule has 0 N–H and O–H groups in total. The van der Waals surface area contributed by atoms with E-state index in [2.05, 4.69) is 20.4 Å². The number of benzene rings is 1. The number of rotatable bonds is 6. The summed E-state index contributed by atoms with van der Waals surface area (Å²) < 4.78 is 23.0. The lowest BCUT2D eigenvalue weighted by molar-refractivity contribution is 0.160. The number of hydrogen-bond donors (Lipinski definition) is 0. The highest BCUT2D eigenvalue weighted by atomic mass is 35.5. The Morgan fingerprint density at radius 2 is 1.91 bits per heavy atom. The van der Waals surface area contributed by atoms with Crippen LogP contribution in [0.15, 0.2) is 53.6 Å². The minimum absolute atomic E-state index is 0.0477. The first-order valence-electron chi connectivity index (χ1n) is 10.3. The summed E-state index contributed by atoms with van der Waals surface area (Å²) in [5.41, 5.74) is 1.51. The van der Waals surface area contributed by atoms with Crippen LogP contribution in [0, 0.1) is 5.82 Å². The van der Waals surface area contributed by atoms with Crippen LogP contribution >= 0.6 is 23.2 Å². The molecule has 1 aromatic carbocycles. The van der Waals surface area contributed by atoms with E-state index in [4.69, 9.17) is 27.9 Å². The van der Waals surface area contributed by atoms with Crippen LogP contribution in [-0.4, -0.2) is 49.0 Å². The molecule has 0 spiro atoms. The summed E-state index contributed by atoms with van der Waals surface area (Å²) in [6.45, 7) is 1.27. The average Bonchev–Trinajstić information content (AvgIpc) is 3.13. The van der Waals surface area contributed by atoms with Gasteiger partial charge < -0.3 is 9.64 Å². The lowest BCUT2D eigenvalue weighted by Crippen LogP contribution is -2.54. The maximum absolute atomic E-state index is 14.4. The highest BCUT2D eigenvalue weighted by Gasteiger charge is 2.30. The summed E-state index contributed by atoms with van der Waals surface area (Å²) in [5.74, 6) is -0.0198. The first kappa shape index (κ1) is 22.3. The SMILES string of the molecule is Cn1nnc(-c2ccc(Cl)cc2F)c1Cn1ncc(N2CC(Oc3ccc(Cl)cn3)C2)cc1=O. The van der Waals surface area contributed by atoms with Crippen molar-refractivity contribution in [2.75, 3.05) is 18.0 Å². The van der Waals surface area contributed by atoms with Gasteiger partial charge in [-0.15, -0.1) is 5.10 Å². The number of hydrogen-bond acceptors (Lipinski definition) is 7. The molecule has 9 nitrogen and oxygen atoms in total. The molecule has 1 aliphatic heterocycles. The number of ether oxygens (including phenoxy) is 1. The van der Waals surface area contributed by atoms with E-state index in [1.165, 1.54) is 33.8 Å². The van der Waals surface area contributed by atoms with Crippen molar-refractivity contribution in [3.63, 3.8) is 0 Å². The number of aryl methyl sites for hydroxylation is 1. The van der Waals surface area contributed by atoms with Gasteiger partial charge in [-0.05, 0) is 24.3 Å². The maximum atomic E-state index is 14.4. The molecule has 0 radical (unpaired) electrons. The average molecular weight is 502 g/mol. The van der Waals surface area contributed by atoms with Gasteiger partial charge in [0.2, 0.25) is 5.88 Å². The van der Waals surface area contributed by atoms with Crippen LogP contribution in [-0.2, 0) is 13.6 Å². The quantitative estimate of drug-likeness (QED) is 0.400. The summed E-state index contributed by atoms with van der Waals surface area (Å²) in [5, 5.41) is 13.2. The fourth-order valence-corrected chi connectivity index (χ4v) is 3.90. The van der Waals surface area contributed by atoms with E-state index in [1.807, 2.05) is 4.90 Å². The molecule has 0 saturated carbocycles. The van der Waals surface area contributed by atoms with E-state index in [1.54, 1.807) is 31.4 Å². The smallest absolute Gasteiger partial charge is 0.269 e. The summed E-state index contributed by atoms with van der Waals surface area (Å²) >= 11 is 11.7. The normalized spacial score (nSPS) is 13.7. The largest absolute Gasteiger partial charge is 0.471 e. The third-order valence-electron chi connectivity index (χ3n) is 5.48. The predicted octanol–water partition coefficient (Wildman–Crippen LogP) is 3.20. The molecule has 3 aromatic heterocycles. The van der Waals surface area contributed by atoms with Crippen molar-refractivity contribution in [2.45, 2.75) is 12.6 Å². The Morgan fingerprint density at radius 3 is 2.62 bits per heavy atom. The van der Waals surface area contributed by atoms with Crippen molar-refractivity contribution in [2.24, 2.45) is 7.05 Å². The second kappa shape index (κ2) is 9.03. The molecule has 12 heteroatoms. The van der Waals surface area contributed by atoms with Crippen LogP contribution in [0.5, 0.6) is 5.88 Å². The van der Waals surface area contributed by atoms with Gasteiger partial charge in [-0.25, -0.2) is 18.7 Å². The van der Waals surface area contributed by atoms with Gasteiger partial charge in [0, 0.05) is 36.0 Å². The van der Waals surface area contributed by atoms with E-state index in [-0.39, 0.29) is 28.8 Å². The molecular weight excluding hydrogens is 484 g/mol. The second-order valence-electron chi connectivity index (χ2n) is 7.80. The third-order valence-corrected chi connectivity index (χ3v) is 5.94. The van der Waals surface area contributed by atoms with Crippen LogP contribution in [0.4, 0.5) is 10.1 Å². The monoisotopic (exact) mass is 501 g/mol. The van der Waals surface area contributed by atoms with E-state index in [0.717, 1.165) is 0 Å². The number of anilines is 1. The molecule has 0 bridgehead atoms. The van der Waals surface area contributed by atoms with E-state index in [9.17, 15) is 9.18 Å². The zero-order valence-corrected chi connectivity index (χ0v) is 19.4. The molecule has 0 atom stereocenters. The third kappa shape index (κ3) is 4.46.